The first-order valence-corrected chi connectivity index (χ1v) is 9.50. The lowest BCUT2D eigenvalue weighted by atomic mass is 10.1. The summed E-state index contributed by atoms with van der Waals surface area (Å²) in [5.41, 5.74) is 0.429. The van der Waals surface area contributed by atoms with Crippen LogP contribution in [-0.4, -0.2) is 40.9 Å². The molecule has 7 heteroatoms. The molecule has 0 aromatic heterocycles. The van der Waals surface area contributed by atoms with Gasteiger partial charge in [-0.3, -0.25) is 9.59 Å². The Morgan fingerprint density at radius 1 is 1.41 bits per heavy atom. The molecule has 1 saturated carbocycles. The monoisotopic (exact) mass is 402 g/mol. The van der Waals surface area contributed by atoms with Crippen molar-refractivity contribution in [2.24, 2.45) is 5.92 Å². The van der Waals surface area contributed by atoms with Crippen molar-refractivity contribution in [3.63, 3.8) is 0 Å². The average Bonchev–Trinajstić information content (AvgIpc) is 3.20. The van der Waals surface area contributed by atoms with Crippen LogP contribution in [0.4, 0.5) is 0 Å². The maximum absolute atomic E-state index is 12.7. The first-order chi connectivity index (χ1) is 10.6. The zero-order chi connectivity index (χ0) is 15.7. The Morgan fingerprint density at radius 3 is 2.91 bits per heavy atom. The van der Waals surface area contributed by atoms with E-state index in [1.54, 1.807) is 34.9 Å². The summed E-state index contributed by atoms with van der Waals surface area (Å²) in [6.07, 6.45) is 2.38. The lowest BCUT2D eigenvalue weighted by Crippen LogP contribution is -2.47. The van der Waals surface area contributed by atoms with Crippen molar-refractivity contribution >= 4 is 51.1 Å². The van der Waals surface area contributed by atoms with Crippen molar-refractivity contribution in [3.05, 3.63) is 33.3 Å². The van der Waals surface area contributed by atoms with Crippen LogP contribution in [0.1, 0.15) is 23.2 Å². The van der Waals surface area contributed by atoms with Gasteiger partial charge < -0.3 is 10.2 Å². The van der Waals surface area contributed by atoms with E-state index in [9.17, 15) is 9.59 Å². The van der Waals surface area contributed by atoms with Gasteiger partial charge >= 0.3 is 0 Å². The maximum atomic E-state index is 12.7. The third kappa shape index (κ3) is 3.60. The number of nitrogens with one attached hydrogen (secondary N) is 1. The van der Waals surface area contributed by atoms with Crippen LogP contribution in [0.2, 0.25) is 5.02 Å². The van der Waals surface area contributed by atoms with Crippen LogP contribution in [0.25, 0.3) is 0 Å². The Hall–Kier alpha value is -0.720. The third-order valence-electron chi connectivity index (χ3n) is 3.87. The Bertz CT molecular complexity index is 609. The lowest BCUT2D eigenvalue weighted by molar-refractivity contribution is -0.124. The molecule has 118 valence electrons. The molecule has 1 aliphatic heterocycles. The van der Waals surface area contributed by atoms with Crippen LogP contribution in [0.15, 0.2) is 22.7 Å². The van der Waals surface area contributed by atoms with E-state index < -0.39 is 6.04 Å². The summed E-state index contributed by atoms with van der Waals surface area (Å²) >= 11 is 11.1. The Labute approximate surface area is 147 Å². The number of carbonyl (C=O) groups is 2. The molecule has 1 atom stereocenters. The standard InChI is InChI=1S/C15H16BrClN2O2S/c16-10-3-4-12(17)11(5-10)15(21)19-8-22-7-13(19)14(20)18-6-9-1-2-9/h3-5,9,13H,1-2,6-8H2,(H,18,20). The van der Waals surface area contributed by atoms with Gasteiger partial charge in [-0.05, 0) is 37.0 Å². The zero-order valence-electron chi connectivity index (χ0n) is 11.9. The molecule has 3 rings (SSSR count). The van der Waals surface area contributed by atoms with E-state index in [0.717, 1.165) is 11.0 Å². The molecular formula is C15H16BrClN2O2S. The van der Waals surface area contributed by atoms with Gasteiger partial charge in [-0.2, -0.15) is 0 Å². The van der Waals surface area contributed by atoms with Gasteiger partial charge in [-0.1, -0.05) is 27.5 Å². The molecule has 1 aliphatic carbocycles. The molecule has 0 radical (unpaired) electrons. The number of nitrogens with zero attached hydrogens (tertiary/aromatic N) is 1. The summed E-state index contributed by atoms with van der Waals surface area (Å²) in [5, 5.41) is 3.37. The van der Waals surface area contributed by atoms with Gasteiger partial charge in [0.1, 0.15) is 6.04 Å². The topological polar surface area (TPSA) is 49.4 Å². The minimum Gasteiger partial charge on any atom is -0.354 e. The van der Waals surface area contributed by atoms with Gasteiger partial charge in [0.2, 0.25) is 5.91 Å². The summed E-state index contributed by atoms with van der Waals surface area (Å²) < 4.78 is 0.793. The Morgan fingerprint density at radius 2 is 2.18 bits per heavy atom. The first kappa shape index (κ1) is 16.1. The van der Waals surface area contributed by atoms with Crippen LogP contribution >= 0.6 is 39.3 Å². The Balaban J connectivity index is 1.72. The maximum Gasteiger partial charge on any atom is 0.256 e. The van der Waals surface area contributed by atoms with Gasteiger partial charge in [0, 0.05) is 16.8 Å². The number of benzene rings is 1. The summed E-state index contributed by atoms with van der Waals surface area (Å²) in [6, 6.07) is 4.76. The van der Waals surface area contributed by atoms with E-state index in [4.69, 9.17) is 11.6 Å². The van der Waals surface area contributed by atoms with E-state index in [2.05, 4.69) is 21.2 Å². The van der Waals surface area contributed by atoms with Gasteiger partial charge in [-0.15, -0.1) is 11.8 Å². The lowest BCUT2D eigenvalue weighted by Gasteiger charge is -2.23. The normalized spacial score (nSPS) is 21.0. The molecule has 22 heavy (non-hydrogen) atoms. The van der Waals surface area contributed by atoms with E-state index in [1.165, 1.54) is 12.8 Å². The molecule has 1 aromatic rings. The van der Waals surface area contributed by atoms with Crippen LogP contribution in [0.5, 0.6) is 0 Å². The Kier molecular flexibility index (Phi) is 5.00. The fraction of sp³-hybridized carbons (Fsp3) is 0.467. The zero-order valence-corrected chi connectivity index (χ0v) is 15.0. The van der Waals surface area contributed by atoms with Crippen molar-refractivity contribution in [1.82, 2.24) is 10.2 Å². The SMILES string of the molecule is O=C(NCC1CC1)C1CSCN1C(=O)c1cc(Br)ccc1Cl. The van der Waals surface area contributed by atoms with Crippen molar-refractivity contribution in [3.8, 4) is 0 Å². The van der Waals surface area contributed by atoms with Gasteiger partial charge in [0.25, 0.3) is 5.91 Å². The summed E-state index contributed by atoms with van der Waals surface area (Å²) in [6.45, 7) is 0.722. The average molecular weight is 404 g/mol. The summed E-state index contributed by atoms with van der Waals surface area (Å²) in [5.74, 6) is 1.53. The van der Waals surface area contributed by atoms with Crippen LogP contribution in [-0.2, 0) is 4.79 Å². The molecule has 4 nitrogen and oxygen atoms in total. The highest BCUT2D eigenvalue weighted by Crippen LogP contribution is 2.29. The molecule has 1 heterocycles. The van der Waals surface area contributed by atoms with Crippen LogP contribution in [0.3, 0.4) is 0 Å². The predicted molar refractivity (Wildman–Crippen MR) is 92.2 cm³/mol. The van der Waals surface area contributed by atoms with Crippen LogP contribution < -0.4 is 5.32 Å². The van der Waals surface area contributed by atoms with Gasteiger partial charge in [-0.25, -0.2) is 0 Å². The van der Waals surface area contributed by atoms with Crippen molar-refractivity contribution < 1.29 is 9.59 Å². The number of rotatable bonds is 4. The highest BCUT2D eigenvalue weighted by Gasteiger charge is 2.36. The molecule has 0 bridgehead atoms. The second-order valence-corrected chi connectivity index (χ2v) is 7.93. The second kappa shape index (κ2) is 6.81. The molecule has 2 aliphatic rings. The first-order valence-electron chi connectivity index (χ1n) is 7.17. The largest absolute Gasteiger partial charge is 0.354 e. The quantitative estimate of drug-likeness (QED) is 0.840. The molecule has 2 amide bonds. The molecule has 1 saturated heterocycles. The minimum absolute atomic E-state index is 0.0589. The third-order valence-corrected chi connectivity index (χ3v) is 5.70. The highest BCUT2D eigenvalue weighted by molar-refractivity contribution is 9.10. The molecule has 1 unspecified atom stereocenters. The number of hydrogen-bond acceptors (Lipinski definition) is 3. The fourth-order valence-electron chi connectivity index (χ4n) is 2.36. The van der Waals surface area contributed by atoms with Gasteiger partial charge in [0.15, 0.2) is 0 Å². The number of hydrogen-bond donors (Lipinski definition) is 1. The minimum atomic E-state index is -0.411. The fourth-order valence-corrected chi connectivity index (χ4v) is 4.07. The molecule has 1 N–H and O–H groups in total. The van der Waals surface area contributed by atoms with Gasteiger partial charge in [0.05, 0.1) is 16.5 Å². The van der Waals surface area contributed by atoms with Crippen LogP contribution in [0, 0.1) is 5.92 Å². The van der Waals surface area contributed by atoms with Crippen molar-refractivity contribution in [1.29, 1.82) is 0 Å². The number of amides is 2. The molecule has 1 aromatic carbocycles. The highest BCUT2D eigenvalue weighted by atomic mass is 79.9. The second-order valence-electron chi connectivity index (χ2n) is 5.60. The van der Waals surface area contributed by atoms with E-state index in [-0.39, 0.29) is 11.8 Å². The summed E-state index contributed by atoms with van der Waals surface area (Å²) in [4.78, 5) is 26.6. The van der Waals surface area contributed by atoms with E-state index in [0.29, 0.717) is 28.1 Å². The number of halogens is 2. The number of thioether (sulfide) groups is 1. The smallest absolute Gasteiger partial charge is 0.256 e. The molecule has 2 fully saturated rings. The molecular weight excluding hydrogens is 388 g/mol. The van der Waals surface area contributed by atoms with E-state index >= 15 is 0 Å². The summed E-state index contributed by atoms with van der Waals surface area (Å²) in [7, 11) is 0. The van der Waals surface area contributed by atoms with Crippen molar-refractivity contribution in [2.45, 2.75) is 18.9 Å². The number of carbonyl (C=O) groups excluding carboxylic acids is 2. The molecule has 0 spiro atoms. The predicted octanol–water partition coefficient (Wildman–Crippen LogP) is 3.14. The van der Waals surface area contributed by atoms with E-state index in [1.807, 2.05) is 0 Å². The van der Waals surface area contributed by atoms with Crippen molar-refractivity contribution in [2.75, 3.05) is 18.2 Å².